The smallest absolute Gasteiger partial charge is 0.276 e. The van der Waals surface area contributed by atoms with E-state index in [2.05, 4.69) is 0 Å². The highest BCUT2D eigenvalue weighted by atomic mass is 16.5. The Kier molecular flexibility index (Phi) is 5.30. The summed E-state index contributed by atoms with van der Waals surface area (Å²) in [5.74, 6) is 2.54. The van der Waals surface area contributed by atoms with E-state index in [-0.39, 0.29) is 11.7 Å². The van der Waals surface area contributed by atoms with Crippen LogP contribution in [0, 0.1) is 0 Å². The number of aliphatic hydroxyl groups excluding tert-OH is 1. The predicted octanol–water partition coefficient (Wildman–Crippen LogP) is 2.37. The molecule has 3 aromatic rings. The van der Waals surface area contributed by atoms with Gasteiger partial charge in [0.25, 0.3) is 5.56 Å². The largest absolute Gasteiger partial charge is 0.497 e. The summed E-state index contributed by atoms with van der Waals surface area (Å²) >= 11 is 0. The average molecular weight is 434 g/mol. The van der Waals surface area contributed by atoms with Crippen molar-refractivity contribution in [3.8, 4) is 28.6 Å². The number of hydrogen-bond donors (Lipinski definition) is 1. The first-order valence-electron chi connectivity index (χ1n) is 10.9. The number of rotatable bonds is 5. The van der Waals surface area contributed by atoms with E-state index in [1.165, 1.54) is 4.68 Å². The van der Waals surface area contributed by atoms with Gasteiger partial charge in [-0.3, -0.25) is 4.79 Å². The third-order valence-electron chi connectivity index (χ3n) is 6.20. The van der Waals surface area contributed by atoms with Gasteiger partial charge in [-0.05, 0) is 55.5 Å². The van der Waals surface area contributed by atoms with Gasteiger partial charge in [0, 0.05) is 30.3 Å². The van der Waals surface area contributed by atoms with Crippen molar-refractivity contribution in [1.82, 2.24) is 14.8 Å². The van der Waals surface area contributed by atoms with Gasteiger partial charge in [-0.1, -0.05) is 6.07 Å². The van der Waals surface area contributed by atoms with Gasteiger partial charge >= 0.3 is 0 Å². The standard InChI is InChI=1S/C24H26N4O4/c1-31-17-11-15(12-18(13-17)32-2)23-19-5-3-6-20(19)24(30)28(26-23)22-8-4-7-21(25-22)27-10-9-16(29)14-27/h4,7-8,11-13,16,29H,3,5-6,9-10,14H2,1-2H3. The molecule has 8 nitrogen and oxygen atoms in total. The van der Waals surface area contributed by atoms with Crippen LogP contribution in [-0.2, 0) is 12.8 Å². The van der Waals surface area contributed by atoms with E-state index < -0.39 is 0 Å². The molecule has 1 aromatic carbocycles. The SMILES string of the molecule is COc1cc(OC)cc(-c2nn(-c3cccc(N4CCC(O)C4)n3)c(=O)c3c2CCC3)c1. The first kappa shape index (κ1) is 20.5. The van der Waals surface area contributed by atoms with E-state index in [0.29, 0.717) is 30.3 Å². The number of anilines is 1. The average Bonchev–Trinajstić information content (AvgIpc) is 3.49. The van der Waals surface area contributed by atoms with Crippen LogP contribution in [0.4, 0.5) is 5.82 Å². The molecule has 1 unspecified atom stereocenters. The normalized spacial score (nSPS) is 17.5. The Hall–Kier alpha value is -3.39. The molecule has 32 heavy (non-hydrogen) atoms. The summed E-state index contributed by atoms with van der Waals surface area (Å²) in [5, 5.41) is 14.7. The highest BCUT2D eigenvalue weighted by Gasteiger charge is 2.25. The van der Waals surface area contributed by atoms with Crippen molar-refractivity contribution >= 4 is 5.82 Å². The van der Waals surface area contributed by atoms with Gasteiger partial charge in [0.05, 0.1) is 26.0 Å². The van der Waals surface area contributed by atoms with Crippen LogP contribution >= 0.6 is 0 Å². The lowest BCUT2D eigenvalue weighted by Crippen LogP contribution is -2.28. The zero-order chi connectivity index (χ0) is 22.2. The number of nitrogens with zero attached hydrogens (tertiary/aromatic N) is 4. The lowest BCUT2D eigenvalue weighted by molar-refractivity contribution is 0.198. The molecule has 1 aliphatic carbocycles. The van der Waals surface area contributed by atoms with Gasteiger partial charge in [0.15, 0.2) is 5.82 Å². The van der Waals surface area contributed by atoms with E-state index in [4.69, 9.17) is 19.6 Å². The van der Waals surface area contributed by atoms with Crippen molar-refractivity contribution < 1.29 is 14.6 Å². The van der Waals surface area contributed by atoms with Gasteiger partial charge in [-0.15, -0.1) is 0 Å². The minimum Gasteiger partial charge on any atom is -0.497 e. The van der Waals surface area contributed by atoms with Crippen LogP contribution in [0.1, 0.15) is 24.0 Å². The van der Waals surface area contributed by atoms with Crippen LogP contribution in [0.3, 0.4) is 0 Å². The van der Waals surface area contributed by atoms with Crippen LogP contribution in [0.5, 0.6) is 11.5 Å². The number of hydrogen-bond acceptors (Lipinski definition) is 7. The van der Waals surface area contributed by atoms with E-state index in [1.54, 1.807) is 20.3 Å². The van der Waals surface area contributed by atoms with Crippen LogP contribution in [0.25, 0.3) is 17.1 Å². The summed E-state index contributed by atoms with van der Waals surface area (Å²) < 4.78 is 12.3. The molecular weight excluding hydrogens is 408 g/mol. The van der Waals surface area contributed by atoms with E-state index in [9.17, 15) is 9.90 Å². The monoisotopic (exact) mass is 434 g/mol. The third kappa shape index (κ3) is 3.60. The maximum Gasteiger partial charge on any atom is 0.276 e. The summed E-state index contributed by atoms with van der Waals surface area (Å²) in [4.78, 5) is 20.1. The fourth-order valence-electron chi connectivity index (χ4n) is 4.56. The molecule has 0 amide bonds. The Balaban J connectivity index is 1.65. The number of methoxy groups -OCH3 is 2. The molecule has 5 rings (SSSR count). The summed E-state index contributed by atoms with van der Waals surface area (Å²) in [6.45, 7) is 1.27. The van der Waals surface area contributed by atoms with Crippen molar-refractivity contribution in [1.29, 1.82) is 0 Å². The number of ether oxygens (including phenoxy) is 2. The quantitative estimate of drug-likeness (QED) is 0.659. The Labute approximate surface area is 186 Å². The first-order chi connectivity index (χ1) is 15.6. The minimum atomic E-state index is -0.351. The molecule has 1 saturated heterocycles. The van der Waals surface area contributed by atoms with Crippen LogP contribution in [0.15, 0.2) is 41.2 Å². The minimum absolute atomic E-state index is 0.123. The zero-order valence-corrected chi connectivity index (χ0v) is 18.2. The number of aromatic nitrogens is 3. The second kappa shape index (κ2) is 8.27. The number of pyridine rings is 1. The number of aliphatic hydroxyl groups is 1. The Bertz CT molecular complexity index is 1200. The molecular formula is C24H26N4O4. The molecule has 1 N–H and O–H groups in total. The highest BCUT2D eigenvalue weighted by Crippen LogP contribution is 2.34. The van der Waals surface area contributed by atoms with Crippen molar-refractivity contribution in [2.24, 2.45) is 0 Å². The van der Waals surface area contributed by atoms with Gasteiger partial charge < -0.3 is 19.5 Å². The zero-order valence-electron chi connectivity index (χ0n) is 18.2. The van der Waals surface area contributed by atoms with Gasteiger partial charge in [-0.2, -0.15) is 9.78 Å². The maximum atomic E-state index is 13.3. The molecule has 166 valence electrons. The van der Waals surface area contributed by atoms with Gasteiger partial charge in [0.1, 0.15) is 17.3 Å². The molecule has 0 spiro atoms. The van der Waals surface area contributed by atoms with Gasteiger partial charge in [0.2, 0.25) is 0 Å². The van der Waals surface area contributed by atoms with Crippen molar-refractivity contribution in [2.75, 3.05) is 32.2 Å². The van der Waals surface area contributed by atoms with Crippen molar-refractivity contribution in [3.63, 3.8) is 0 Å². The molecule has 0 bridgehead atoms. The summed E-state index contributed by atoms with van der Waals surface area (Å²) in [5.41, 5.74) is 3.24. The molecule has 1 atom stereocenters. The van der Waals surface area contributed by atoms with Crippen molar-refractivity contribution in [3.05, 3.63) is 57.9 Å². The number of benzene rings is 1. The highest BCUT2D eigenvalue weighted by molar-refractivity contribution is 5.68. The third-order valence-corrected chi connectivity index (χ3v) is 6.20. The van der Waals surface area contributed by atoms with E-state index in [0.717, 1.165) is 54.0 Å². The molecule has 2 aromatic heterocycles. The molecule has 0 radical (unpaired) electrons. The maximum absolute atomic E-state index is 13.3. The molecule has 1 aliphatic heterocycles. The summed E-state index contributed by atoms with van der Waals surface area (Å²) in [6.07, 6.45) is 2.82. The molecule has 8 heteroatoms. The summed E-state index contributed by atoms with van der Waals surface area (Å²) in [6, 6.07) is 11.2. The van der Waals surface area contributed by atoms with E-state index in [1.807, 2.05) is 35.2 Å². The fraction of sp³-hybridized carbons (Fsp3) is 0.375. The van der Waals surface area contributed by atoms with E-state index >= 15 is 0 Å². The van der Waals surface area contributed by atoms with Gasteiger partial charge in [-0.25, -0.2) is 4.98 Å². The lowest BCUT2D eigenvalue weighted by atomic mass is 10.0. The first-order valence-corrected chi connectivity index (χ1v) is 10.9. The molecule has 3 heterocycles. The topological polar surface area (TPSA) is 89.7 Å². The predicted molar refractivity (Wildman–Crippen MR) is 121 cm³/mol. The Morgan fingerprint density at radius 1 is 1.03 bits per heavy atom. The number of fused-ring (bicyclic) bond motifs is 1. The summed E-state index contributed by atoms with van der Waals surface area (Å²) in [7, 11) is 3.23. The Morgan fingerprint density at radius 2 is 1.75 bits per heavy atom. The Morgan fingerprint density at radius 3 is 2.44 bits per heavy atom. The second-order valence-corrected chi connectivity index (χ2v) is 8.22. The van der Waals surface area contributed by atoms with Crippen LogP contribution in [0.2, 0.25) is 0 Å². The van der Waals surface area contributed by atoms with Crippen molar-refractivity contribution in [2.45, 2.75) is 31.8 Å². The number of β-amino-alcohol motifs (C(OH)–C–C–N with tert-alkyl or cyclic N) is 1. The molecule has 1 fully saturated rings. The molecule has 0 saturated carbocycles. The fourth-order valence-corrected chi connectivity index (χ4v) is 4.56. The van der Waals surface area contributed by atoms with Crippen LogP contribution < -0.4 is 19.9 Å². The van der Waals surface area contributed by atoms with Crippen LogP contribution in [-0.4, -0.2) is 53.3 Å². The lowest BCUT2D eigenvalue weighted by Gasteiger charge is -2.18. The second-order valence-electron chi connectivity index (χ2n) is 8.22. The molecule has 2 aliphatic rings.